The number of ketones is 1. The van der Waals surface area contributed by atoms with Gasteiger partial charge in [-0.05, 0) is 5.21 Å². The summed E-state index contributed by atoms with van der Waals surface area (Å²) < 4.78 is 0. The standard InChI is InChI=1S/C10H10N4O/c15-10(9-4-2-1-3-5-9)6-7-14-12-8-11-13-14/h1-5,8H,6-7H2. The van der Waals surface area contributed by atoms with Crippen LogP contribution in [0.1, 0.15) is 16.8 Å². The van der Waals surface area contributed by atoms with Crippen molar-refractivity contribution in [2.24, 2.45) is 0 Å². The minimum Gasteiger partial charge on any atom is -0.294 e. The molecule has 2 aromatic rings. The summed E-state index contributed by atoms with van der Waals surface area (Å²) >= 11 is 0. The topological polar surface area (TPSA) is 60.7 Å². The van der Waals surface area contributed by atoms with Crippen molar-refractivity contribution in [1.82, 2.24) is 20.2 Å². The van der Waals surface area contributed by atoms with E-state index < -0.39 is 0 Å². The Bertz CT molecular complexity index is 424. The highest BCUT2D eigenvalue weighted by Gasteiger charge is 2.05. The van der Waals surface area contributed by atoms with Crippen molar-refractivity contribution < 1.29 is 4.79 Å². The molecule has 5 nitrogen and oxygen atoms in total. The molecule has 1 aromatic heterocycles. The number of rotatable bonds is 4. The van der Waals surface area contributed by atoms with Crippen molar-refractivity contribution in [1.29, 1.82) is 0 Å². The summed E-state index contributed by atoms with van der Waals surface area (Å²) in [5, 5.41) is 11.1. The van der Waals surface area contributed by atoms with Crippen LogP contribution in [0.4, 0.5) is 0 Å². The van der Waals surface area contributed by atoms with Gasteiger partial charge in [0.1, 0.15) is 0 Å². The third kappa shape index (κ3) is 2.46. The number of hydrogen-bond acceptors (Lipinski definition) is 4. The zero-order chi connectivity index (χ0) is 10.5. The number of aromatic nitrogens is 4. The van der Waals surface area contributed by atoms with Gasteiger partial charge in [0.15, 0.2) is 12.1 Å². The molecule has 0 atom stereocenters. The average molecular weight is 202 g/mol. The number of carbonyl (C=O) groups is 1. The number of Topliss-reactive ketones (excluding diaryl/α,β-unsaturated/α-hetero) is 1. The van der Waals surface area contributed by atoms with Crippen molar-refractivity contribution in [3.63, 3.8) is 0 Å². The monoisotopic (exact) mass is 202 g/mol. The molecule has 0 bridgehead atoms. The van der Waals surface area contributed by atoms with Crippen LogP contribution >= 0.6 is 0 Å². The molecule has 0 N–H and O–H groups in total. The molecular formula is C10H10N4O. The Morgan fingerprint density at radius 2 is 2.07 bits per heavy atom. The molecule has 5 heteroatoms. The van der Waals surface area contributed by atoms with Crippen LogP contribution in [0.3, 0.4) is 0 Å². The molecule has 76 valence electrons. The molecule has 2 rings (SSSR count). The van der Waals surface area contributed by atoms with Gasteiger partial charge in [-0.1, -0.05) is 30.3 Å². The SMILES string of the molecule is O=C(CCn1ncnn1)c1ccccc1. The number of tetrazole rings is 1. The molecule has 0 radical (unpaired) electrons. The number of hydrogen-bond donors (Lipinski definition) is 0. The molecule has 0 aliphatic carbocycles. The van der Waals surface area contributed by atoms with Gasteiger partial charge in [-0.15, -0.1) is 10.2 Å². The largest absolute Gasteiger partial charge is 0.294 e. The van der Waals surface area contributed by atoms with Crippen LogP contribution in [-0.4, -0.2) is 26.0 Å². The second-order valence-electron chi connectivity index (χ2n) is 3.07. The maximum atomic E-state index is 11.7. The first-order valence-corrected chi connectivity index (χ1v) is 4.65. The summed E-state index contributed by atoms with van der Waals surface area (Å²) in [4.78, 5) is 13.1. The lowest BCUT2D eigenvalue weighted by Crippen LogP contribution is -2.08. The normalized spacial score (nSPS) is 10.1. The van der Waals surface area contributed by atoms with Crippen molar-refractivity contribution in [3.05, 3.63) is 42.2 Å². The van der Waals surface area contributed by atoms with Gasteiger partial charge in [0.25, 0.3) is 0 Å². The maximum Gasteiger partial charge on any atom is 0.164 e. The number of carbonyl (C=O) groups excluding carboxylic acids is 1. The fourth-order valence-electron chi connectivity index (χ4n) is 1.26. The summed E-state index contributed by atoms with van der Waals surface area (Å²) in [5.74, 6) is 0.0906. The predicted octanol–water partition coefficient (Wildman–Crippen LogP) is 0.946. The van der Waals surface area contributed by atoms with Gasteiger partial charge in [-0.3, -0.25) is 4.79 Å². The van der Waals surface area contributed by atoms with E-state index in [0.717, 1.165) is 5.56 Å². The van der Waals surface area contributed by atoms with E-state index in [2.05, 4.69) is 15.4 Å². The van der Waals surface area contributed by atoms with Crippen LogP contribution < -0.4 is 0 Å². The lowest BCUT2D eigenvalue weighted by molar-refractivity contribution is 0.0973. The van der Waals surface area contributed by atoms with Gasteiger partial charge in [0, 0.05) is 12.0 Å². The Labute approximate surface area is 86.7 Å². The zero-order valence-electron chi connectivity index (χ0n) is 8.08. The summed E-state index contributed by atoms with van der Waals surface area (Å²) in [6.45, 7) is 0.466. The van der Waals surface area contributed by atoms with Crippen molar-refractivity contribution in [2.45, 2.75) is 13.0 Å². The molecule has 0 aliphatic rings. The maximum absolute atomic E-state index is 11.7. The fraction of sp³-hybridized carbons (Fsp3) is 0.200. The number of benzene rings is 1. The second-order valence-corrected chi connectivity index (χ2v) is 3.07. The third-order valence-electron chi connectivity index (χ3n) is 2.03. The minimum atomic E-state index is 0.0906. The van der Waals surface area contributed by atoms with E-state index in [-0.39, 0.29) is 5.78 Å². The molecule has 1 heterocycles. The smallest absolute Gasteiger partial charge is 0.164 e. The molecule has 0 spiro atoms. The van der Waals surface area contributed by atoms with E-state index in [1.165, 1.54) is 11.1 Å². The van der Waals surface area contributed by atoms with E-state index in [9.17, 15) is 4.79 Å². The highest BCUT2D eigenvalue weighted by molar-refractivity contribution is 5.95. The minimum absolute atomic E-state index is 0.0906. The Hall–Kier alpha value is -2.04. The van der Waals surface area contributed by atoms with Crippen LogP contribution in [0.2, 0.25) is 0 Å². The lowest BCUT2D eigenvalue weighted by atomic mass is 10.1. The van der Waals surface area contributed by atoms with Crippen LogP contribution in [0, 0.1) is 0 Å². The fourth-order valence-corrected chi connectivity index (χ4v) is 1.26. The summed E-state index contributed by atoms with van der Waals surface area (Å²) in [5.41, 5.74) is 0.720. The lowest BCUT2D eigenvalue weighted by Gasteiger charge is -1.99. The predicted molar refractivity (Wildman–Crippen MR) is 53.2 cm³/mol. The summed E-state index contributed by atoms with van der Waals surface area (Å²) in [7, 11) is 0. The first kappa shape index (κ1) is 9.51. The highest BCUT2D eigenvalue weighted by atomic mass is 16.1. The first-order chi connectivity index (χ1) is 7.36. The molecular weight excluding hydrogens is 192 g/mol. The Morgan fingerprint density at radius 1 is 1.27 bits per heavy atom. The molecule has 0 saturated carbocycles. The Kier molecular flexibility index (Phi) is 2.82. The molecule has 0 unspecified atom stereocenters. The van der Waals surface area contributed by atoms with Crippen LogP contribution in [-0.2, 0) is 6.54 Å². The van der Waals surface area contributed by atoms with Gasteiger partial charge in [-0.25, -0.2) is 0 Å². The Morgan fingerprint density at radius 3 is 2.73 bits per heavy atom. The Balaban J connectivity index is 1.94. The van der Waals surface area contributed by atoms with Gasteiger partial charge in [0.05, 0.1) is 6.54 Å². The summed E-state index contributed by atoms with van der Waals surface area (Å²) in [6, 6.07) is 9.19. The zero-order valence-corrected chi connectivity index (χ0v) is 8.08. The van der Waals surface area contributed by atoms with E-state index in [4.69, 9.17) is 0 Å². The second kappa shape index (κ2) is 4.45. The molecule has 0 saturated heterocycles. The molecule has 1 aromatic carbocycles. The molecule has 0 amide bonds. The number of aryl methyl sites for hydroxylation is 1. The van der Waals surface area contributed by atoms with Crippen molar-refractivity contribution in [2.75, 3.05) is 0 Å². The molecule has 0 aliphatic heterocycles. The van der Waals surface area contributed by atoms with Crippen molar-refractivity contribution >= 4 is 5.78 Å². The van der Waals surface area contributed by atoms with E-state index in [1.54, 1.807) is 12.1 Å². The average Bonchev–Trinajstić information content (AvgIpc) is 2.80. The molecule has 15 heavy (non-hydrogen) atoms. The number of nitrogens with zero attached hydrogens (tertiary/aromatic N) is 4. The third-order valence-corrected chi connectivity index (χ3v) is 2.03. The van der Waals surface area contributed by atoms with E-state index >= 15 is 0 Å². The van der Waals surface area contributed by atoms with E-state index in [0.29, 0.717) is 13.0 Å². The van der Waals surface area contributed by atoms with Crippen LogP contribution in [0.15, 0.2) is 36.7 Å². The highest BCUT2D eigenvalue weighted by Crippen LogP contribution is 2.03. The van der Waals surface area contributed by atoms with Gasteiger partial charge < -0.3 is 0 Å². The van der Waals surface area contributed by atoms with Gasteiger partial charge in [-0.2, -0.15) is 4.80 Å². The van der Waals surface area contributed by atoms with Gasteiger partial charge >= 0.3 is 0 Å². The first-order valence-electron chi connectivity index (χ1n) is 4.65. The molecule has 0 fully saturated rings. The van der Waals surface area contributed by atoms with Crippen LogP contribution in [0.5, 0.6) is 0 Å². The van der Waals surface area contributed by atoms with E-state index in [1.807, 2.05) is 18.2 Å². The van der Waals surface area contributed by atoms with Crippen molar-refractivity contribution in [3.8, 4) is 0 Å². The summed E-state index contributed by atoms with van der Waals surface area (Å²) in [6.07, 6.45) is 1.74. The quantitative estimate of drug-likeness (QED) is 0.692. The van der Waals surface area contributed by atoms with Crippen LogP contribution in [0.25, 0.3) is 0 Å². The van der Waals surface area contributed by atoms with Gasteiger partial charge in [0.2, 0.25) is 0 Å².